The van der Waals surface area contributed by atoms with E-state index in [1.54, 1.807) is 6.07 Å². The van der Waals surface area contributed by atoms with E-state index in [0.29, 0.717) is 11.0 Å². The number of nitrogens with zero attached hydrogens (tertiary/aromatic N) is 1. The molecule has 0 saturated heterocycles. The van der Waals surface area contributed by atoms with Crippen molar-refractivity contribution in [2.75, 3.05) is 20.6 Å². The molecule has 3 nitrogen and oxygen atoms in total. The van der Waals surface area contributed by atoms with Gasteiger partial charge in [-0.05, 0) is 37.9 Å². The summed E-state index contributed by atoms with van der Waals surface area (Å²) < 4.78 is 14.5. The topological polar surface area (TPSA) is 32.3 Å². The molecular formula is C17H18BrFN2O. The Bertz CT molecular complexity index is 646. The normalized spacial score (nSPS) is 12.2. The first-order chi connectivity index (χ1) is 10.5. The molecule has 1 atom stereocenters. The number of nitrogens with one attached hydrogen (secondary N) is 1. The lowest BCUT2D eigenvalue weighted by Gasteiger charge is -2.23. The van der Waals surface area contributed by atoms with E-state index in [4.69, 9.17) is 0 Å². The van der Waals surface area contributed by atoms with Gasteiger partial charge in [0, 0.05) is 11.0 Å². The SMILES string of the molecule is CN(C)CC(NC(=O)c1cc(Br)ccc1F)c1ccccc1. The second-order valence-electron chi connectivity index (χ2n) is 5.32. The molecule has 0 aliphatic rings. The average molecular weight is 365 g/mol. The molecule has 1 amide bonds. The van der Waals surface area contributed by atoms with Crippen LogP contribution in [0.4, 0.5) is 4.39 Å². The van der Waals surface area contributed by atoms with Gasteiger partial charge in [-0.25, -0.2) is 4.39 Å². The molecule has 116 valence electrons. The highest BCUT2D eigenvalue weighted by Crippen LogP contribution is 2.18. The maximum absolute atomic E-state index is 13.8. The number of amides is 1. The third-order valence-corrected chi connectivity index (χ3v) is 3.72. The molecule has 0 aliphatic carbocycles. The summed E-state index contributed by atoms with van der Waals surface area (Å²) >= 11 is 3.26. The van der Waals surface area contributed by atoms with E-state index in [1.807, 2.05) is 49.3 Å². The van der Waals surface area contributed by atoms with Crippen molar-refractivity contribution in [2.45, 2.75) is 6.04 Å². The van der Waals surface area contributed by atoms with Crippen molar-refractivity contribution in [1.29, 1.82) is 0 Å². The van der Waals surface area contributed by atoms with Gasteiger partial charge in [-0.15, -0.1) is 0 Å². The number of carbonyl (C=O) groups is 1. The van der Waals surface area contributed by atoms with Crippen molar-refractivity contribution in [3.63, 3.8) is 0 Å². The van der Waals surface area contributed by atoms with Gasteiger partial charge in [-0.3, -0.25) is 4.79 Å². The molecule has 22 heavy (non-hydrogen) atoms. The Morgan fingerprint density at radius 1 is 1.23 bits per heavy atom. The predicted octanol–water partition coefficient (Wildman–Crippen LogP) is 3.62. The van der Waals surface area contributed by atoms with Gasteiger partial charge in [0.15, 0.2) is 0 Å². The summed E-state index contributed by atoms with van der Waals surface area (Å²) in [6.07, 6.45) is 0. The molecule has 0 aliphatic heterocycles. The number of hydrogen-bond donors (Lipinski definition) is 1. The molecule has 0 aromatic heterocycles. The van der Waals surface area contributed by atoms with Gasteiger partial charge in [0.2, 0.25) is 0 Å². The number of likely N-dealkylation sites (N-methyl/N-ethyl adjacent to an activating group) is 1. The quantitative estimate of drug-likeness (QED) is 0.878. The minimum atomic E-state index is -0.530. The summed E-state index contributed by atoms with van der Waals surface area (Å²) in [5.74, 6) is -0.952. The van der Waals surface area contributed by atoms with Crippen LogP contribution in [0.1, 0.15) is 22.0 Å². The highest BCUT2D eigenvalue weighted by atomic mass is 79.9. The standard InChI is InChI=1S/C17H18BrFN2O/c1-21(2)11-16(12-6-4-3-5-7-12)20-17(22)14-10-13(18)8-9-15(14)19/h3-10,16H,11H2,1-2H3,(H,20,22). The fourth-order valence-electron chi connectivity index (χ4n) is 2.19. The molecule has 2 aromatic rings. The predicted molar refractivity (Wildman–Crippen MR) is 89.3 cm³/mol. The van der Waals surface area contributed by atoms with E-state index >= 15 is 0 Å². The van der Waals surface area contributed by atoms with E-state index in [9.17, 15) is 9.18 Å². The van der Waals surface area contributed by atoms with E-state index in [2.05, 4.69) is 21.2 Å². The number of carbonyl (C=O) groups excluding carboxylic acids is 1. The maximum atomic E-state index is 13.8. The van der Waals surface area contributed by atoms with E-state index < -0.39 is 11.7 Å². The highest BCUT2D eigenvalue weighted by Gasteiger charge is 2.19. The van der Waals surface area contributed by atoms with Crippen molar-refractivity contribution in [3.8, 4) is 0 Å². The van der Waals surface area contributed by atoms with Crippen LogP contribution in [0.3, 0.4) is 0 Å². The molecule has 1 unspecified atom stereocenters. The summed E-state index contributed by atoms with van der Waals surface area (Å²) in [5, 5.41) is 2.91. The van der Waals surface area contributed by atoms with Crippen molar-refractivity contribution in [3.05, 3.63) is 69.9 Å². The fourth-order valence-corrected chi connectivity index (χ4v) is 2.55. The van der Waals surface area contributed by atoms with Crippen LogP contribution in [0.5, 0.6) is 0 Å². The minimum absolute atomic E-state index is 0.0362. The largest absolute Gasteiger partial charge is 0.344 e. The van der Waals surface area contributed by atoms with E-state index in [0.717, 1.165) is 5.56 Å². The molecule has 0 spiro atoms. The minimum Gasteiger partial charge on any atom is -0.344 e. The third kappa shape index (κ3) is 4.39. The van der Waals surface area contributed by atoms with Crippen LogP contribution in [0.2, 0.25) is 0 Å². The molecule has 1 N–H and O–H groups in total. The van der Waals surface area contributed by atoms with Crippen LogP contribution < -0.4 is 5.32 Å². The Balaban J connectivity index is 2.23. The van der Waals surface area contributed by atoms with Gasteiger partial charge < -0.3 is 10.2 Å². The van der Waals surface area contributed by atoms with Crippen molar-refractivity contribution in [2.24, 2.45) is 0 Å². The fraction of sp³-hybridized carbons (Fsp3) is 0.235. The average Bonchev–Trinajstić information content (AvgIpc) is 2.49. The Kier molecular flexibility index (Phi) is 5.69. The molecular weight excluding hydrogens is 347 g/mol. The van der Waals surface area contributed by atoms with Crippen LogP contribution in [0.25, 0.3) is 0 Å². The monoisotopic (exact) mass is 364 g/mol. The summed E-state index contributed by atoms with van der Waals surface area (Å²) in [7, 11) is 3.86. The highest BCUT2D eigenvalue weighted by molar-refractivity contribution is 9.10. The molecule has 0 radical (unpaired) electrons. The Hall–Kier alpha value is -1.72. The first-order valence-electron chi connectivity index (χ1n) is 6.93. The van der Waals surface area contributed by atoms with Crippen molar-refractivity contribution >= 4 is 21.8 Å². The Morgan fingerprint density at radius 3 is 2.55 bits per heavy atom. The summed E-state index contributed by atoms with van der Waals surface area (Å²) in [6.45, 7) is 0.630. The zero-order valence-electron chi connectivity index (χ0n) is 12.5. The molecule has 5 heteroatoms. The van der Waals surface area contributed by atoms with E-state index in [1.165, 1.54) is 12.1 Å². The summed E-state index contributed by atoms with van der Waals surface area (Å²) in [6, 6.07) is 13.8. The zero-order chi connectivity index (χ0) is 16.1. The summed E-state index contributed by atoms with van der Waals surface area (Å²) in [5.41, 5.74) is 1.02. The lowest BCUT2D eigenvalue weighted by atomic mass is 10.1. The second kappa shape index (κ2) is 7.51. The van der Waals surface area contributed by atoms with Crippen LogP contribution >= 0.6 is 15.9 Å². The number of halogens is 2. The van der Waals surface area contributed by atoms with Gasteiger partial charge in [-0.2, -0.15) is 0 Å². The number of hydrogen-bond acceptors (Lipinski definition) is 2. The van der Waals surface area contributed by atoms with Crippen LogP contribution in [0, 0.1) is 5.82 Å². The molecule has 0 bridgehead atoms. The zero-order valence-corrected chi connectivity index (χ0v) is 14.1. The number of benzene rings is 2. The van der Waals surface area contributed by atoms with Crippen molar-refractivity contribution < 1.29 is 9.18 Å². The smallest absolute Gasteiger partial charge is 0.254 e. The number of rotatable bonds is 5. The summed E-state index contributed by atoms with van der Waals surface area (Å²) in [4.78, 5) is 14.4. The van der Waals surface area contributed by atoms with Crippen LogP contribution in [-0.4, -0.2) is 31.4 Å². The second-order valence-corrected chi connectivity index (χ2v) is 6.24. The third-order valence-electron chi connectivity index (χ3n) is 3.23. The lowest BCUT2D eigenvalue weighted by Crippen LogP contribution is -2.35. The van der Waals surface area contributed by atoms with Gasteiger partial charge in [0.25, 0.3) is 5.91 Å². The molecule has 2 rings (SSSR count). The first-order valence-corrected chi connectivity index (χ1v) is 7.72. The lowest BCUT2D eigenvalue weighted by molar-refractivity contribution is 0.0926. The van der Waals surface area contributed by atoms with Gasteiger partial charge in [0.1, 0.15) is 5.82 Å². The van der Waals surface area contributed by atoms with Gasteiger partial charge in [-0.1, -0.05) is 46.3 Å². The molecule has 0 heterocycles. The van der Waals surface area contributed by atoms with E-state index in [-0.39, 0.29) is 11.6 Å². The molecule has 0 saturated carbocycles. The Labute approximate surface area is 138 Å². The Morgan fingerprint density at radius 2 is 1.91 bits per heavy atom. The van der Waals surface area contributed by atoms with Crippen LogP contribution in [-0.2, 0) is 0 Å². The molecule has 2 aromatic carbocycles. The van der Waals surface area contributed by atoms with Gasteiger partial charge in [0.05, 0.1) is 11.6 Å². The van der Waals surface area contributed by atoms with Crippen LogP contribution in [0.15, 0.2) is 53.0 Å². The maximum Gasteiger partial charge on any atom is 0.254 e. The van der Waals surface area contributed by atoms with Crippen molar-refractivity contribution in [1.82, 2.24) is 10.2 Å². The molecule has 0 fully saturated rings. The van der Waals surface area contributed by atoms with Gasteiger partial charge >= 0.3 is 0 Å². The first kappa shape index (κ1) is 16.6.